The van der Waals surface area contributed by atoms with Crippen LogP contribution in [0.15, 0.2) is 0 Å². The fourth-order valence-corrected chi connectivity index (χ4v) is 3.34. The van der Waals surface area contributed by atoms with Gasteiger partial charge in [0.15, 0.2) is 0 Å². The summed E-state index contributed by atoms with van der Waals surface area (Å²) in [7, 11) is 0. The highest BCUT2D eigenvalue weighted by Gasteiger charge is 2.51. The van der Waals surface area contributed by atoms with E-state index in [-0.39, 0.29) is 0 Å². The molecule has 1 saturated heterocycles. The van der Waals surface area contributed by atoms with Crippen molar-refractivity contribution in [3.63, 3.8) is 0 Å². The van der Waals surface area contributed by atoms with Crippen molar-refractivity contribution in [2.24, 2.45) is 23.7 Å². The average molecular weight is 210 g/mol. The van der Waals surface area contributed by atoms with Gasteiger partial charge in [-0.1, -0.05) is 0 Å². The van der Waals surface area contributed by atoms with Gasteiger partial charge in [-0.15, -0.1) is 0 Å². The van der Waals surface area contributed by atoms with Gasteiger partial charge in [0.2, 0.25) is 0 Å². The topological polar surface area (TPSA) is 43.4 Å². The Hall–Kier alpha value is -0.700. The van der Waals surface area contributed by atoms with Crippen LogP contribution in [-0.4, -0.2) is 25.8 Å². The van der Waals surface area contributed by atoms with Gasteiger partial charge in [0.05, 0.1) is 13.2 Å². The summed E-state index contributed by atoms with van der Waals surface area (Å²) in [6.45, 7) is 1.73. The van der Waals surface area contributed by atoms with Gasteiger partial charge in [-0.25, -0.2) is 0 Å². The molecule has 1 aliphatic carbocycles. The highest BCUT2D eigenvalue weighted by molar-refractivity contribution is 5.49. The number of fused-ring (bicyclic) bond motifs is 1. The Balaban J connectivity index is 1.87. The third-order valence-electron chi connectivity index (χ3n) is 4.06. The molecule has 2 aliphatic rings. The maximum Gasteiger partial charge on any atom is 0.120 e. The predicted molar refractivity (Wildman–Crippen MR) is 55.4 cm³/mol. The smallest absolute Gasteiger partial charge is 0.120 e. The molecule has 2 rings (SSSR count). The van der Waals surface area contributed by atoms with Crippen molar-refractivity contribution in [2.45, 2.75) is 25.7 Å². The van der Waals surface area contributed by atoms with E-state index in [9.17, 15) is 9.59 Å². The van der Waals surface area contributed by atoms with Crippen molar-refractivity contribution in [3.05, 3.63) is 0 Å². The summed E-state index contributed by atoms with van der Waals surface area (Å²) in [5.74, 6) is 2.59. The largest absolute Gasteiger partial charge is 0.381 e. The molecule has 0 aromatic heterocycles. The molecule has 1 aliphatic heterocycles. The molecule has 15 heavy (non-hydrogen) atoms. The first-order valence-corrected chi connectivity index (χ1v) is 5.83. The van der Waals surface area contributed by atoms with E-state index >= 15 is 0 Å². The van der Waals surface area contributed by atoms with Gasteiger partial charge >= 0.3 is 0 Å². The number of hydrogen-bond donors (Lipinski definition) is 0. The Morgan fingerprint density at radius 2 is 1.40 bits per heavy atom. The zero-order valence-electron chi connectivity index (χ0n) is 8.93. The van der Waals surface area contributed by atoms with Crippen molar-refractivity contribution < 1.29 is 14.3 Å². The van der Waals surface area contributed by atoms with Crippen molar-refractivity contribution in [3.8, 4) is 0 Å². The lowest BCUT2D eigenvalue weighted by atomic mass is 9.55. The minimum absolute atomic E-state index is 0.627. The molecule has 2 fully saturated rings. The second kappa shape index (κ2) is 4.88. The van der Waals surface area contributed by atoms with Crippen LogP contribution in [0.5, 0.6) is 0 Å². The van der Waals surface area contributed by atoms with Crippen molar-refractivity contribution in [1.29, 1.82) is 0 Å². The zero-order chi connectivity index (χ0) is 10.7. The van der Waals surface area contributed by atoms with Gasteiger partial charge in [-0.05, 0) is 36.5 Å². The molecule has 1 saturated carbocycles. The van der Waals surface area contributed by atoms with E-state index in [4.69, 9.17) is 4.74 Å². The minimum atomic E-state index is 0.627. The average Bonchev–Trinajstić information content (AvgIpc) is 2.64. The van der Waals surface area contributed by atoms with Crippen LogP contribution in [0.4, 0.5) is 0 Å². The molecule has 0 unspecified atom stereocenters. The third kappa shape index (κ3) is 1.98. The van der Waals surface area contributed by atoms with Crippen LogP contribution in [0.3, 0.4) is 0 Å². The first kappa shape index (κ1) is 10.8. The SMILES string of the molecule is O=CCC[C@H]1[C@H](CCC=O)[C@@H]2COC[C@H]12. The monoisotopic (exact) mass is 210 g/mol. The minimum Gasteiger partial charge on any atom is -0.381 e. The van der Waals surface area contributed by atoms with Crippen LogP contribution in [0.25, 0.3) is 0 Å². The molecule has 0 aromatic rings. The van der Waals surface area contributed by atoms with Gasteiger partial charge in [-0.2, -0.15) is 0 Å². The van der Waals surface area contributed by atoms with Gasteiger partial charge < -0.3 is 14.3 Å². The summed E-state index contributed by atoms with van der Waals surface area (Å²) in [5.41, 5.74) is 0. The fourth-order valence-electron chi connectivity index (χ4n) is 3.34. The molecular weight excluding hydrogens is 192 g/mol. The van der Waals surface area contributed by atoms with Crippen LogP contribution in [-0.2, 0) is 14.3 Å². The first-order chi connectivity index (χ1) is 7.38. The molecule has 3 nitrogen and oxygen atoms in total. The molecule has 0 N–H and O–H groups in total. The van der Waals surface area contributed by atoms with Crippen LogP contribution in [0.2, 0.25) is 0 Å². The standard InChI is InChI=1S/C12H18O3/c13-5-1-3-9-10(4-2-6-14)12-8-15-7-11(9)12/h5-6,9-12H,1-4,7-8H2/t9-,10-,11-,12+/m0/s1. The Morgan fingerprint density at radius 3 is 1.80 bits per heavy atom. The summed E-state index contributed by atoms with van der Waals surface area (Å²) in [4.78, 5) is 20.7. The quantitative estimate of drug-likeness (QED) is 0.623. The van der Waals surface area contributed by atoms with Crippen LogP contribution >= 0.6 is 0 Å². The molecular formula is C12H18O3. The third-order valence-corrected chi connectivity index (χ3v) is 4.06. The van der Waals surface area contributed by atoms with E-state index in [0.29, 0.717) is 36.5 Å². The molecule has 0 bridgehead atoms. The number of hydrogen-bond acceptors (Lipinski definition) is 3. The molecule has 84 valence electrons. The number of carbonyl (C=O) groups excluding carboxylic acids is 2. The Bertz CT molecular complexity index is 215. The molecule has 4 atom stereocenters. The van der Waals surface area contributed by atoms with E-state index < -0.39 is 0 Å². The summed E-state index contributed by atoms with van der Waals surface area (Å²) in [6, 6.07) is 0. The molecule has 0 radical (unpaired) electrons. The highest BCUT2D eigenvalue weighted by Crippen LogP contribution is 2.53. The second-order valence-electron chi connectivity index (χ2n) is 4.68. The van der Waals surface area contributed by atoms with E-state index in [0.717, 1.165) is 38.6 Å². The number of aldehydes is 2. The Kier molecular flexibility index (Phi) is 3.52. The molecule has 0 aromatic carbocycles. The molecule has 0 spiro atoms. The molecule has 3 heteroatoms. The summed E-state index contributed by atoms with van der Waals surface area (Å²) in [6.07, 6.45) is 5.28. The van der Waals surface area contributed by atoms with Gasteiger partial charge in [0, 0.05) is 12.8 Å². The highest BCUT2D eigenvalue weighted by atomic mass is 16.5. The molecule has 1 heterocycles. The van der Waals surface area contributed by atoms with E-state index in [1.54, 1.807) is 0 Å². The number of rotatable bonds is 6. The van der Waals surface area contributed by atoms with Crippen LogP contribution < -0.4 is 0 Å². The van der Waals surface area contributed by atoms with Crippen LogP contribution in [0, 0.1) is 23.7 Å². The summed E-state index contributed by atoms with van der Waals surface area (Å²) in [5, 5.41) is 0. The normalized spacial score (nSPS) is 38.1. The lowest BCUT2D eigenvalue weighted by molar-refractivity contribution is -0.110. The summed E-state index contributed by atoms with van der Waals surface area (Å²) < 4.78 is 5.48. The fraction of sp³-hybridized carbons (Fsp3) is 0.833. The molecule has 0 amide bonds. The lowest BCUT2D eigenvalue weighted by Crippen LogP contribution is -2.46. The number of ether oxygens (including phenoxy) is 1. The van der Waals surface area contributed by atoms with Crippen molar-refractivity contribution >= 4 is 12.6 Å². The van der Waals surface area contributed by atoms with E-state index in [1.807, 2.05) is 0 Å². The Labute approximate surface area is 90.2 Å². The van der Waals surface area contributed by atoms with Crippen molar-refractivity contribution in [2.75, 3.05) is 13.2 Å². The van der Waals surface area contributed by atoms with Crippen molar-refractivity contribution in [1.82, 2.24) is 0 Å². The van der Waals surface area contributed by atoms with E-state index in [1.165, 1.54) is 0 Å². The Morgan fingerprint density at radius 1 is 0.933 bits per heavy atom. The van der Waals surface area contributed by atoms with Gasteiger partial charge in [-0.3, -0.25) is 0 Å². The maximum atomic E-state index is 10.4. The summed E-state index contributed by atoms with van der Waals surface area (Å²) >= 11 is 0. The first-order valence-electron chi connectivity index (χ1n) is 5.83. The van der Waals surface area contributed by atoms with Gasteiger partial charge in [0.25, 0.3) is 0 Å². The van der Waals surface area contributed by atoms with Gasteiger partial charge in [0.1, 0.15) is 12.6 Å². The predicted octanol–water partition coefficient (Wildman–Crippen LogP) is 1.45. The van der Waals surface area contributed by atoms with Crippen LogP contribution in [0.1, 0.15) is 25.7 Å². The zero-order valence-corrected chi connectivity index (χ0v) is 8.93. The lowest BCUT2D eigenvalue weighted by Gasteiger charge is -2.48. The second-order valence-corrected chi connectivity index (χ2v) is 4.68. The number of carbonyl (C=O) groups is 2. The maximum absolute atomic E-state index is 10.4. The van der Waals surface area contributed by atoms with E-state index in [2.05, 4.69) is 0 Å².